The van der Waals surface area contributed by atoms with Gasteiger partial charge in [-0.15, -0.1) is 0 Å². The van der Waals surface area contributed by atoms with Crippen LogP contribution in [0.15, 0.2) is 43.0 Å². The molecule has 1 saturated heterocycles. The first-order valence-electron chi connectivity index (χ1n) is 6.95. The average molecular weight is 272 g/mol. The maximum atomic E-state index is 12.3. The van der Waals surface area contributed by atoms with Gasteiger partial charge >= 0.3 is 0 Å². The van der Waals surface area contributed by atoms with Gasteiger partial charge < -0.3 is 10.2 Å². The lowest BCUT2D eigenvalue weighted by Gasteiger charge is -2.32. The Bertz CT molecular complexity index is 477. The second-order valence-corrected chi connectivity index (χ2v) is 5.05. The maximum Gasteiger partial charge on any atom is 0.253 e. The molecule has 4 nitrogen and oxygen atoms in total. The summed E-state index contributed by atoms with van der Waals surface area (Å²) < 4.78 is 0. The first kappa shape index (κ1) is 14.3. The van der Waals surface area contributed by atoms with E-state index in [2.05, 4.69) is 11.9 Å². The molecule has 1 aromatic rings. The van der Waals surface area contributed by atoms with Gasteiger partial charge in [0.1, 0.15) is 0 Å². The van der Waals surface area contributed by atoms with Crippen molar-refractivity contribution in [2.24, 2.45) is 5.92 Å². The molecule has 1 N–H and O–H groups in total. The van der Waals surface area contributed by atoms with Crippen LogP contribution in [0.4, 0.5) is 0 Å². The molecular weight excluding hydrogens is 252 g/mol. The second-order valence-electron chi connectivity index (χ2n) is 5.05. The third-order valence-electron chi connectivity index (χ3n) is 3.67. The second kappa shape index (κ2) is 6.89. The minimum Gasteiger partial charge on any atom is -0.352 e. The molecule has 0 aromatic heterocycles. The highest BCUT2D eigenvalue weighted by Crippen LogP contribution is 2.18. The number of hydrogen-bond acceptors (Lipinski definition) is 2. The molecule has 0 bridgehead atoms. The van der Waals surface area contributed by atoms with Crippen molar-refractivity contribution in [2.45, 2.75) is 12.8 Å². The Balaban J connectivity index is 1.81. The Hall–Kier alpha value is -2.10. The first-order valence-corrected chi connectivity index (χ1v) is 6.95. The van der Waals surface area contributed by atoms with Gasteiger partial charge in [-0.25, -0.2) is 0 Å². The predicted octanol–water partition coefficient (Wildman–Crippen LogP) is 1.84. The fourth-order valence-corrected chi connectivity index (χ4v) is 2.42. The van der Waals surface area contributed by atoms with Gasteiger partial charge in [0, 0.05) is 25.2 Å². The van der Waals surface area contributed by atoms with Crippen LogP contribution in [-0.2, 0) is 4.79 Å². The molecule has 0 saturated carbocycles. The molecule has 106 valence electrons. The fourth-order valence-electron chi connectivity index (χ4n) is 2.42. The van der Waals surface area contributed by atoms with E-state index in [0.717, 1.165) is 31.5 Å². The van der Waals surface area contributed by atoms with E-state index in [-0.39, 0.29) is 11.8 Å². The highest BCUT2D eigenvalue weighted by atomic mass is 16.2. The Morgan fingerprint density at radius 2 is 1.90 bits per heavy atom. The highest BCUT2D eigenvalue weighted by molar-refractivity contribution is 5.94. The summed E-state index contributed by atoms with van der Waals surface area (Å²) >= 11 is 0. The van der Waals surface area contributed by atoms with E-state index in [1.54, 1.807) is 0 Å². The third-order valence-corrected chi connectivity index (χ3v) is 3.67. The summed E-state index contributed by atoms with van der Waals surface area (Å²) in [6, 6.07) is 9.36. The summed E-state index contributed by atoms with van der Waals surface area (Å²) in [4.78, 5) is 25.3. The Morgan fingerprint density at radius 3 is 2.50 bits per heavy atom. The summed E-state index contributed by atoms with van der Waals surface area (Å²) in [5.74, 6) is 0.408. The number of hydrogen-bond donors (Lipinski definition) is 1. The number of nitrogens with zero attached hydrogens (tertiary/aromatic N) is 1. The zero-order chi connectivity index (χ0) is 14.4. The van der Waals surface area contributed by atoms with Gasteiger partial charge in [-0.2, -0.15) is 0 Å². The van der Waals surface area contributed by atoms with Gasteiger partial charge in [0.2, 0.25) is 5.91 Å². The Labute approximate surface area is 119 Å². The standard InChI is InChI=1S/C16H20N2O2/c1-2-15(19)17-12-13-8-10-18(11-9-13)16(20)14-6-4-3-5-7-14/h2-7,13H,1,8-12H2,(H,17,19). The molecule has 1 aromatic carbocycles. The molecule has 1 aliphatic rings. The number of rotatable bonds is 4. The summed E-state index contributed by atoms with van der Waals surface area (Å²) in [5, 5.41) is 2.82. The smallest absolute Gasteiger partial charge is 0.253 e. The number of nitrogens with one attached hydrogen (secondary N) is 1. The number of likely N-dealkylation sites (tertiary alicyclic amines) is 1. The van der Waals surface area contributed by atoms with E-state index in [4.69, 9.17) is 0 Å². The Morgan fingerprint density at radius 1 is 1.25 bits per heavy atom. The van der Waals surface area contributed by atoms with E-state index in [1.807, 2.05) is 35.2 Å². The van der Waals surface area contributed by atoms with Crippen LogP contribution < -0.4 is 5.32 Å². The monoisotopic (exact) mass is 272 g/mol. The number of amides is 2. The molecule has 1 heterocycles. The van der Waals surface area contributed by atoms with Crippen molar-refractivity contribution >= 4 is 11.8 Å². The van der Waals surface area contributed by atoms with E-state index in [0.29, 0.717) is 12.5 Å². The molecular formula is C16H20N2O2. The van der Waals surface area contributed by atoms with Crippen molar-refractivity contribution in [2.75, 3.05) is 19.6 Å². The Kier molecular flexibility index (Phi) is 4.93. The molecule has 1 fully saturated rings. The van der Waals surface area contributed by atoms with Crippen LogP contribution in [0.3, 0.4) is 0 Å². The van der Waals surface area contributed by atoms with E-state index < -0.39 is 0 Å². The number of benzene rings is 1. The molecule has 0 radical (unpaired) electrons. The van der Waals surface area contributed by atoms with Crippen LogP contribution in [0.25, 0.3) is 0 Å². The van der Waals surface area contributed by atoms with Crippen molar-refractivity contribution in [3.05, 3.63) is 48.6 Å². The average Bonchev–Trinajstić information content (AvgIpc) is 2.53. The molecule has 1 aliphatic heterocycles. The quantitative estimate of drug-likeness (QED) is 0.850. The van der Waals surface area contributed by atoms with Gasteiger partial charge in [-0.1, -0.05) is 24.8 Å². The topological polar surface area (TPSA) is 49.4 Å². The number of carbonyl (C=O) groups is 2. The maximum absolute atomic E-state index is 12.3. The van der Waals surface area contributed by atoms with E-state index >= 15 is 0 Å². The zero-order valence-electron chi connectivity index (χ0n) is 11.5. The van der Waals surface area contributed by atoms with Gasteiger partial charge in [-0.3, -0.25) is 9.59 Å². The normalized spacial score (nSPS) is 15.7. The molecule has 0 unspecified atom stereocenters. The lowest BCUT2D eigenvalue weighted by molar-refractivity contribution is -0.116. The van der Waals surface area contributed by atoms with Crippen LogP contribution in [0.2, 0.25) is 0 Å². The highest BCUT2D eigenvalue weighted by Gasteiger charge is 2.23. The van der Waals surface area contributed by atoms with E-state index in [9.17, 15) is 9.59 Å². The number of piperidine rings is 1. The molecule has 20 heavy (non-hydrogen) atoms. The lowest BCUT2D eigenvalue weighted by atomic mass is 9.96. The molecule has 4 heteroatoms. The van der Waals surface area contributed by atoms with Gasteiger partial charge in [0.25, 0.3) is 5.91 Å². The van der Waals surface area contributed by atoms with Gasteiger partial charge in [0.15, 0.2) is 0 Å². The van der Waals surface area contributed by atoms with Crippen molar-refractivity contribution in [1.82, 2.24) is 10.2 Å². The van der Waals surface area contributed by atoms with Gasteiger partial charge in [-0.05, 0) is 37.0 Å². The lowest BCUT2D eigenvalue weighted by Crippen LogP contribution is -2.41. The summed E-state index contributed by atoms with van der Waals surface area (Å²) in [6.45, 7) is 5.60. The molecule has 2 rings (SSSR count). The summed E-state index contributed by atoms with van der Waals surface area (Å²) in [5.41, 5.74) is 0.742. The van der Waals surface area contributed by atoms with Crippen molar-refractivity contribution < 1.29 is 9.59 Å². The minimum atomic E-state index is -0.132. The van der Waals surface area contributed by atoms with Crippen LogP contribution in [0.1, 0.15) is 23.2 Å². The summed E-state index contributed by atoms with van der Waals surface area (Å²) in [6.07, 6.45) is 3.14. The SMILES string of the molecule is C=CC(=O)NCC1CCN(C(=O)c2ccccc2)CC1. The zero-order valence-corrected chi connectivity index (χ0v) is 11.5. The molecule has 0 atom stereocenters. The summed E-state index contributed by atoms with van der Waals surface area (Å²) in [7, 11) is 0. The largest absolute Gasteiger partial charge is 0.352 e. The predicted molar refractivity (Wildman–Crippen MR) is 78.3 cm³/mol. The van der Waals surface area contributed by atoms with E-state index in [1.165, 1.54) is 6.08 Å². The third kappa shape index (κ3) is 3.70. The van der Waals surface area contributed by atoms with Crippen LogP contribution in [0, 0.1) is 5.92 Å². The molecule has 2 amide bonds. The van der Waals surface area contributed by atoms with Gasteiger partial charge in [0.05, 0.1) is 0 Å². The number of carbonyl (C=O) groups excluding carboxylic acids is 2. The molecule has 0 spiro atoms. The molecule has 0 aliphatic carbocycles. The van der Waals surface area contributed by atoms with Crippen molar-refractivity contribution in [3.63, 3.8) is 0 Å². The van der Waals surface area contributed by atoms with Crippen molar-refractivity contribution in [1.29, 1.82) is 0 Å². The van der Waals surface area contributed by atoms with Crippen LogP contribution >= 0.6 is 0 Å². The minimum absolute atomic E-state index is 0.0965. The first-order chi connectivity index (χ1) is 9.70. The van der Waals surface area contributed by atoms with Crippen LogP contribution in [0.5, 0.6) is 0 Å². The van der Waals surface area contributed by atoms with Crippen LogP contribution in [-0.4, -0.2) is 36.3 Å². The van der Waals surface area contributed by atoms with Crippen molar-refractivity contribution in [3.8, 4) is 0 Å². The fraction of sp³-hybridized carbons (Fsp3) is 0.375.